The number of fused-ring (bicyclic) bond motifs is 1. The summed E-state index contributed by atoms with van der Waals surface area (Å²) in [5.74, 6) is 2.11. The van der Waals surface area contributed by atoms with Gasteiger partial charge >= 0.3 is 0 Å². The van der Waals surface area contributed by atoms with Crippen LogP contribution in [0.1, 0.15) is 26.2 Å². The zero-order valence-corrected chi connectivity index (χ0v) is 13.8. The van der Waals surface area contributed by atoms with Gasteiger partial charge in [-0.2, -0.15) is 0 Å². The number of likely N-dealkylation sites (tertiary alicyclic amines) is 1. The van der Waals surface area contributed by atoms with Gasteiger partial charge in [0.25, 0.3) is 5.91 Å². The van der Waals surface area contributed by atoms with Crippen molar-refractivity contribution in [2.24, 2.45) is 5.92 Å². The van der Waals surface area contributed by atoms with Crippen molar-refractivity contribution in [2.45, 2.75) is 32.3 Å². The maximum absolute atomic E-state index is 12.2. The van der Waals surface area contributed by atoms with E-state index in [0.717, 1.165) is 18.9 Å². The molecular formula is C18H26N2O3. The number of nitrogens with one attached hydrogen (secondary N) is 1. The minimum atomic E-state index is -0.555. The summed E-state index contributed by atoms with van der Waals surface area (Å²) in [5.41, 5.74) is 0. The molecule has 3 rings (SSSR count). The van der Waals surface area contributed by atoms with E-state index >= 15 is 0 Å². The van der Waals surface area contributed by atoms with Gasteiger partial charge in [0.1, 0.15) is 6.61 Å². The molecule has 5 heteroatoms. The Morgan fingerprint density at radius 1 is 1.26 bits per heavy atom. The van der Waals surface area contributed by atoms with Crippen LogP contribution in [0.5, 0.6) is 11.5 Å². The Morgan fingerprint density at radius 3 is 2.78 bits per heavy atom. The quantitative estimate of drug-likeness (QED) is 0.845. The normalized spacial score (nSPS) is 21.9. The average Bonchev–Trinajstić information content (AvgIpc) is 2.59. The van der Waals surface area contributed by atoms with E-state index in [1.54, 1.807) is 0 Å². The first-order chi connectivity index (χ1) is 11.2. The summed E-state index contributed by atoms with van der Waals surface area (Å²) in [4.78, 5) is 14.7. The summed E-state index contributed by atoms with van der Waals surface area (Å²) in [5, 5.41) is 2.96. The van der Waals surface area contributed by atoms with E-state index < -0.39 is 6.10 Å². The smallest absolute Gasteiger partial charge is 0.264 e. The molecule has 1 atom stereocenters. The lowest BCUT2D eigenvalue weighted by atomic mass is 9.99. The molecule has 2 aliphatic heterocycles. The van der Waals surface area contributed by atoms with Gasteiger partial charge in [-0.05, 0) is 56.9 Å². The van der Waals surface area contributed by atoms with Crippen molar-refractivity contribution in [3.05, 3.63) is 24.3 Å². The van der Waals surface area contributed by atoms with Gasteiger partial charge in [-0.15, -0.1) is 0 Å². The molecule has 0 unspecified atom stereocenters. The Hall–Kier alpha value is -1.75. The van der Waals surface area contributed by atoms with Crippen LogP contribution in [0.25, 0.3) is 0 Å². The van der Waals surface area contributed by atoms with Gasteiger partial charge in [0.2, 0.25) is 6.10 Å². The maximum atomic E-state index is 12.2. The number of piperidine rings is 1. The molecular weight excluding hydrogens is 292 g/mol. The molecule has 23 heavy (non-hydrogen) atoms. The van der Waals surface area contributed by atoms with Crippen molar-refractivity contribution in [1.29, 1.82) is 0 Å². The van der Waals surface area contributed by atoms with Crippen LogP contribution in [0, 0.1) is 5.92 Å². The Bertz CT molecular complexity index is 527. The van der Waals surface area contributed by atoms with E-state index in [1.165, 1.54) is 25.9 Å². The lowest BCUT2D eigenvalue weighted by Crippen LogP contribution is -2.44. The SMILES string of the molecule is CC1CCN(CCCNC(=O)[C@@H]2COc3ccccc3O2)CC1. The topological polar surface area (TPSA) is 50.8 Å². The van der Waals surface area contributed by atoms with Crippen LogP contribution in [0.2, 0.25) is 0 Å². The summed E-state index contributed by atoms with van der Waals surface area (Å²) in [6.45, 7) is 6.70. The summed E-state index contributed by atoms with van der Waals surface area (Å²) in [6, 6.07) is 7.45. The highest BCUT2D eigenvalue weighted by atomic mass is 16.6. The molecule has 0 aliphatic carbocycles. The van der Waals surface area contributed by atoms with Crippen molar-refractivity contribution < 1.29 is 14.3 Å². The average molecular weight is 318 g/mol. The molecule has 1 N–H and O–H groups in total. The molecule has 2 heterocycles. The predicted octanol–water partition coefficient (Wildman–Crippen LogP) is 2.06. The fourth-order valence-electron chi connectivity index (χ4n) is 3.06. The molecule has 0 bridgehead atoms. The fourth-order valence-corrected chi connectivity index (χ4v) is 3.06. The van der Waals surface area contributed by atoms with Crippen molar-refractivity contribution >= 4 is 5.91 Å². The highest BCUT2D eigenvalue weighted by molar-refractivity contribution is 5.81. The molecule has 0 saturated carbocycles. The molecule has 1 aromatic carbocycles. The number of amides is 1. The molecule has 0 aromatic heterocycles. The molecule has 126 valence electrons. The van der Waals surface area contributed by atoms with E-state index in [9.17, 15) is 4.79 Å². The number of para-hydroxylation sites is 2. The third-order valence-corrected chi connectivity index (χ3v) is 4.63. The number of hydrogen-bond donors (Lipinski definition) is 1. The van der Waals surface area contributed by atoms with Gasteiger partial charge in [-0.3, -0.25) is 4.79 Å². The van der Waals surface area contributed by atoms with E-state index in [1.807, 2.05) is 24.3 Å². The molecule has 5 nitrogen and oxygen atoms in total. The number of ether oxygens (including phenoxy) is 2. The van der Waals surface area contributed by atoms with E-state index in [4.69, 9.17) is 9.47 Å². The zero-order valence-electron chi connectivity index (χ0n) is 13.8. The second-order valence-corrected chi connectivity index (χ2v) is 6.53. The first-order valence-corrected chi connectivity index (χ1v) is 8.61. The molecule has 2 aliphatic rings. The van der Waals surface area contributed by atoms with Gasteiger partial charge < -0.3 is 19.7 Å². The third-order valence-electron chi connectivity index (χ3n) is 4.63. The summed E-state index contributed by atoms with van der Waals surface area (Å²) < 4.78 is 11.3. The highest BCUT2D eigenvalue weighted by Crippen LogP contribution is 2.30. The Kier molecular flexibility index (Phi) is 5.39. The number of rotatable bonds is 5. The Balaban J connectivity index is 1.35. The first-order valence-electron chi connectivity index (χ1n) is 8.61. The molecule has 1 aromatic rings. The van der Waals surface area contributed by atoms with Crippen molar-refractivity contribution in [2.75, 3.05) is 32.8 Å². The van der Waals surface area contributed by atoms with Crippen LogP contribution in [0.4, 0.5) is 0 Å². The van der Waals surface area contributed by atoms with Crippen LogP contribution in [-0.4, -0.2) is 49.7 Å². The second-order valence-electron chi connectivity index (χ2n) is 6.53. The minimum Gasteiger partial charge on any atom is -0.485 e. The van der Waals surface area contributed by atoms with Gasteiger partial charge in [0.15, 0.2) is 11.5 Å². The largest absolute Gasteiger partial charge is 0.485 e. The van der Waals surface area contributed by atoms with Crippen LogP contribution in [0.15, 0.2) is 24.3 Å². The maximum Gasteiger partial charge on any atom is 0.264 e. The minimum absolute atomic E-state index is 0.0910. The number of carbonyl (C=O) groups excluding carboxylic acids is 1. The summed E-state index contributed by atoms with van der Waals surface area (Å²) in [7, 11) is 0. The van der Waals surface area contributed by atoms with E-state index in [2.05, 4.69) is 17.1 Å². The van der Waals surface area contributed by atoms with Gasteiger partial charge in [0.05, 0.1) is 0 Å². The van der Waals surface area contributed by atoms with Gasteiger partial charge in [-0.25, -0.2) is 0 Å². The lowest BCUT2D eigenvalue weighted by Gasteiger charge is -2.30. The van der Waals surface area contributed by atoms with E-state index in [-0.39, 0.29) is 12.5 Å². The first kappa shape index (κ1) is 16.1. The summed E-state index contributed by atoms with van der Waals surface area (Å²) >= 11 is 0. The number of hydrogen-bond acceptors (Lipinski definition) is 4. The van der Waals surface area contributed by atoms with Crippen LogP contribution >= 0.6 is 0 Å². The van der Waals surface area contributed by atoms with Crippen molar-refractivity contribution in [3.63, 3.8) is 0 Å². The van der Waals surface area contributed by atoms with Crippen LogP contribution in [0.3, 0.4) is 0 Å². The zero-order chi connectivity index (χ0) is 16.1. The number of carbonyl (C=O) groups is 1. The second kappa shape index (κ2) is 7.68. The molecule has 1 saturated heterocycles. The van der Waals surface area contributed by atoms with Crippen LogP contribution in [-0.2, 0) is 4.79 Å². The summed E-state index contributed by atoms with van der Waals surface area (Å²) in [6.07, 6.45) is 3.00. The fraction of sp³-hybridized carbons (Fsp3) is 0.611. The van der Waals surface area contributed by atoms with Gasteiger partial charge in [0, 0.05) is 6.54 Å². The lowest BCUT2D eigenvalue weighted by molar-refractivity contribution is -0.130. The monoisotopic (exact) mass is 318 g/mol. The Morgan fingerprint density at radius 2 is 2.00 bits per heavy atom. The number of nitrogens with zero attached hydrogens (tertiary/aromatic N) is 1. The molecule has 0 radical (unpaired) electrons. The molecule has 1 amide bonds. The third kappa shape index (κ3) is 4.38. The van der Waals surface area contributed by atoms with Crippen molar-refractivity contribution in [3.8, 4) is 11.5 Å². The number of benzene rings is 1. The molecule has 0 spiro atoms. The van der Waals surface area contributed by atoms with Gasteiger partial charge in [-0.1, -0.05) is 19.1 Å². The molecule has 1 fully saturated rings. The standard InChI is InChI=1S/C18H26N2O3/c1-14-7-11-20(12-8-14)10-4-9-19-18(21)17-13-22-15-5-2-3-6-16(15)23-17/h2-3,5-6,14,17H,4,7-13H2,1H3,(H,19,21)/t17-/m0/s1. The van der Waals surface area contributed by atoms with E-state index in [0.29, 0.717) is 18.0 Å². The van der Waals surface area contributed by atoms with Crippen LogP contribution < -0.4 is 14.8 Å². The van der Waals surface area contributed by atoms with Crippen molar-refractivity contribution in [1.82, 2.24) is 10.2 Å². The predicted molar refractivity (Wildman–Crippen MR) is 88.8 cm³/mol. The highest BCUT2D eigenvalue weighted by Gasteiger charge is 2.26. The Labute approximate surface area is 137 Å².